The number of nitrogens with zero attached hydrogens (tertiary/aromatic N) is 2. The van der Waals surface area contributed by atoms with Gasteiger partial charge in [-0.3, -0.25) is 4.79 Å². The van der Waals surface area contributed by atoms with Crippen LogP contribution in [0.1, 0.15) is 38.2 Å². The van der Waals surface area contributed by atoms with E-state index in [4.69, 9.17) is 0 Å². The summed E-state index contributed by atoms with van der Waals surface area (Å²) < 4.78 is 0.688. The Bertz CT molecular complexity index is 691. The number of carbonyl (C=O) groups is 2. The molecule has 2 aliphatic rings. The van der Waals surface area contributed by atoms with Crippen LogP contribution in [0.4, 0.5) is 4.79 Å². The van der Waals surface area contributed by atoms with Crippen LogP contribution in [0.2, 0.25) is 0 Å². The quantitative estimate of drug-likeness (QED) is 0.629. The summed E-state index contributed by atoms with van der Waals surface area (Å²) >= 11 is 3.40. The first-order valence-corrected chi connectivity index (χ1v) is 8.92. The van der Waals surface area contributed by atoms with Gasteiger partial charge < -0.3 is 5.32 Å². The Balaban J connectivity index is 1.72. The Morgan fingerprint density at radius 2 is 1.96 bits per heavy atom. The minimum Gasteiger partial charge on any atom is -0.321 e. The fraction of sp³-hybridized carbons (Fsp3) is 0.389. The number of hydrogen-bond acceptors (Lipinski definition) is 3. The molecule has 1 aliphatic carbocycles. The highest BCUT2D eigenvalue weighted by Crippen LogP contribution is 2.36. The van der Waals surface area contributed by atoms with Crippen LogP contribution in [0, 0.1) is 5.92 Å². The number of hydrogen-bond donors (Lipinski definition) is 1. The van der Waals surface area contributed by atoms with Crippen molar-refractivity contribution in [1.82, 2.24) is 10.3 Å². The molecule has 0 radical (unpaired) electrons. The number of rotatable bonds is 3. The van der Waals surface area contributed by atoms with Crippen LogP contribution < -0.4 is 5.32 Å². The molecule has 1 aromatic carbocycles. The number of amides is 3. The lowest BCUT2D eigenvalue weighted by atomic mass is 9.77. The fourth-order valence-electron chi connectivity index (χ4n) is 3.16. The first kappa shape index (κ1) is 16.9. The summed E-state index contributed by atoms with van der Waals surface area (Å²) in [6.07, 6.45) is 6.62. The average Bonchev–Trinajstić information content (AvgIpc) is 2.80. The Morgan fingerprint density at radius 3 is 2.62 bits per heavy atom. The van der Waals surface area contributed by atoms with Gasteiger partial charge in [0, 0.05) is 4.48 Å². The number of halogens is 1. The molecule has 24 heavy (non-hydrogen) atoms. The second-order valence-corrected chi connectivity index (χ2v) is 7.41. The number of carbonyl (C=O) groups excluding carboxylic acids is 2. The van der Waals surface area contributed by atoms with Crippen molar-refractivity contribution in [3.63, 3.8) is 0 Å². The molecule has 1 saturated heterocycles. The molecule has 1 spiro atoms. The van der Waals surface area contributed by atoms with Gasteiger partial charge in [-0.2, -0.15) is 5.10 Å². The molecule has 1 heterocycles. The summed E-state index contributed by atoms with van der Waals surface area (Å²) in [7, 11) is 0. The second kappa shape index (κ2) is 6.89. The lowest BCUT2D eigenvalue weighted by Crippen LogP contribution is -2.49. The van der Waals surface area contributed by atoms with E-state index in [2.05, 4.69) is 33.3 Å². The number of benzene rings is 1. The highest BCUT2D eigenvalue weighted by Gasteiger charge is 2.52. The molecule has 0 bridgehead atoms. The first-order chi connectivity index (χ1) is 11.5. The summed E-state index contributed by atoms with van der Waals surface area (Å²) in [5, 5.41) is 7.89. The third-order valence-corrected chi connectivity index (χ3v) is 5.10. The lowest BCUT2D eigenvalue weighted by Gasteiger charge is -2.33. The topological polar surface area (TPSA) is 61.8 Å². The highest BCUT2D eigenvalue weighted by atomic mass is 79.9. The zero-order chi connectivity index (χ0) is 17.2. The van der Waals surface area contributed by atoms with E-state index in [0.29, 0.717) is 23.2 Å². The van der Waals surface area contributed by atoms with Crippen molar-refractivity contribution in [2.75, 3.05) is 0 Å². The molecule has 126 valence electrons. The van der Waals surface area contributed by atoms with Crippen LogP contribution in [-0.2, 0) is 4.79 Å². The largest absolute Gasteiger partial charge is 0.346 e. The van der Waals surface area contributed by atoms with Crippen molar-refractivity contribution < 1.29 is 9.59 Å². The predicted molar refractivity (Wildman–Crippen MR) is 97.6 cm³/mol. The first-order valence-electron chi connectivity index (χ1n) is 8.13. The summed E-state index contributed by atoms with van der Waals surface area (Å²) in [5.74, 6) is 0.358. The molecule has 3 amide bonds. The van der Waals surface area contributed by atoms with Gasteiger partial charge >= 0.3 is 6.03 Å². The number of imide groups is 1. The van der Waals surface area contributed by atoms with Crippen LogP contribution >= 0.6 is 15.9 Å². The Morgan fingerprint density at radius 1 is 1.29 bits per heavy atom. The van der Waals surface area contributed by atoms with Crippen LogP contribution in [0.25, 0.3) is 6.08 Å². The number of allylic oxidation sites excluding steroid dienone is 1. The normalized spacial score (nSPS) is 28.0. The third kappa shape index (κ3) is 3.43. The van der Waals surface area contributed by atoms with Crippen LogP contribution in [0.15, 0.2) is 39.9 Å². The van der Waals surface area contributed by atoms with E-state index in [1.165, 1.54) is 6.21 Å². The van der Waals surface area contributed by atoms with Crippen molar-refractivity contribution in [2.45, 2.75) is 38.1 Å². The van der Waals surface area contributed by atoms with Crippen LogP contribution in [0.3, 0.4) is 0 Å². The molecule has 5 nitrogen and oxygen atoms in total. The average molecular weight is 390 g/mol. The molecule has 0 unspecified atom stereocenters. The smallest absolute Gasteiger partial charge is 0.321 e. The zero-order valence-electron chi connectivity index (χ0n) is 13.5. The van der Waals surface area contributed by atoms with Gasteiger partial charge in [0.1, 0.15) is 5.54 Å². The minimum absolute atomic E-state index is 0.240. The van der Waals surface area contributed by atoms with Gasteiger partial charge in [0.25, 0.3) is 5.91 Å². The van der Waals surface area contributed by atoms with E-state index in [9.17, 15) is 9.59 Å². The third-order valence-electron chi connectivity index (χ3n) is 4.67. The summed E-state index contributed by atoms with van der Waals surface area (Å²) in [5.41, 5.74) is 0.252. The van der Waals surface area contributed by atoms with E-state index in [1.807, 2.05) is 36.4 Å². The van der Waals surface area contributed by atoms with Crippen molar-refractivity contribution in [1.29, 1.82) is 0 Å². The van der Waals surface area contributed by atoms with Gasteiger partial charge in [0.05, 0.1) is 6.21 Å². The number of nitrogens with one attached hydrogen (secondary N) is 1. The number of urea groups is 1. The van der Waals surface area contributed by atoms with E-state index in [-0.39, 0.29) is 5.91 Å². The standard InChI is InChI=1S/C18H20BrN3O2/c1-13-7-9-18(10-8-13)16(23)22(17(24)21-18)20-12-15(19)11-14-5-3-2-4-6-14/h2-6,11-13H,7-10H2,1H3,(H,21,24)/b15-11-,20-12-. The van der Waals surface area contributed by atoms with Gasteiger partial charge in [-0.25, -0.2) is 4.79 Å². The zero-order valence-corrected chi connectivity index (χ0v) is 15.1. The Labute approximate surface area is 149 Å². The maximum Gasteiger partial charge on any atom is 0.346 e. The Kier molecular flexibility index (Phi) is 4.85. The van der Waals surface area contributed by atoms with Crippen molar-refractivity contribution in [3.8, 4) is 0 Å². The molecule has 1 N–H and O–H groups in total. The monoisotopic (exact) mass is 389 g/mol. The van der Waals surface area contributed by atoms with E-state index < -0.39 is 11.6 Å². The van der Waals surface area contributed by atoms with Crippen molar-refractivity contribution in [2.24, 2.45) is 11.0 Å². The van der Waals surface area contributed by atoms with Gasteiger partial charge in [-0.05, 0) is 59.2 Å². The van der Waals surface area contributed by atoms with Crippen molar-refractivity contribution >= 4 is 40.2 Å². The van der Waals surface area contributed by atoms with E-state index in [0.717, 1.165) is 23.4 Å². The second-order valence-electron chi connectivity index (χ2n) is 6.50. The molecule has 2 fully saturated rings. The molecule has 1 aliphatic heterocycles. The molecule has 0 atom stereocenters. The van der Waals surface area contributed by atoms with Gasteiger partial charge in [0.15, 0.2) is 0 Å². The van der Waals surface area contributed by atoms with E-state index >= 15 is 0 Å². The van der Waals surface area contributed by atoms with Crippen LogP contribution in [-0.4, -0.2) is 28.7 Å². The Hall–Kier alpha value is -1.95. The summed E-state index contributed by atoms with van der Waals surface area (Å²) in [4.78, 5) is 24.8. The van der Waals surface area contributed by atoms with Crippen molar-refractivity contribution in [3.05, 3.63) is 40.4 Å². The SMILES string of the molecule is CC1CCC2(CC1)NC(=O)N(/N=C\C(Br)=C\c1ccccc1)C2=O. The summed E-state index contributed by atoms with van der Waals surface area (Å²) in [6.45, 7) is 2.18. The molecule has 6 heteroatoms. The highest BCUT2D eigenvalue weighted by molar-refractivity contribution is 9.12. The van der Waals surface area contributed by atoms with Gasteiger partial charge in [0.2, 0.25) is 0 Å². The summed E-state index contributed by atoms with van der Waals surface area (Å²) in [6, 6.07) is 9.30. The van der Waals surface area contributed by atoms with Gasteiger partial charge in [-0.1, -0.05) is 37.3 Å². The van der Waals surface area contributed by atoms with E-state index in [1.54, 1.807) is 0 Å². The number of hydrazone groups is 1. The van der Waals surface area contributed by atoms with Gasteiger partial charge in [-0.15, -0.1) is 5.01 Å². The molecular weight excluding hydrogens is 370 g/mol. The van der Waals surface area contributed by atoms with Crippen LogP contribution in [0.5, 0.6) is 0 Å². The maximum atomic E-state index is 12.7. The maximum absolute atomic E-state index is 12.7. The fourth-order valence-corrected chi connectivity index (χ4v) is 3.52. The molecule has 3 rings (SSSR count). The minimum atomic E-state index is -0.753. The molecule has 0 aromatic heterocycles. The lowest BCUT2D eigenvalue weighted by molar-refractivity contribution is -0.132. The molecular formula is C18H20BrN3O2. The molecule has 1 aromatic rings. The molecule has 1 saturated carbocycles. The predicted octanol–water partition coefficient (Wildman–Crippen LogP) is 3.91.